The van der Waals surface area contributed by atoms with E-state index in [4.69, 9.17) is 9.47 Å². The summed E-state index contributed by atoms with van der Waals surface area (Å²) in [6.07, 6.45) is 0.834. The molecule has 0 atom stereocenters. The van der Waals surface area contributed by atoms with Crippen LogP contribution in [0.1, 0.15) is 40.7 Å². The number of ether oxygens (including phenoxy) is 2. The summed E-state index contributed by atoms with van der Waals surface area (Å²) in [4.78, 5) is 38.6. The Morgan fingerprint density at radius 2 is 1.67 bits per heavy atom. The van der Waals surface area contributed by atoms with E-state index in [1.165, 1.54) is 12.0 Å². The Balaban J connectivity index is 1.68. The predicted molar refractivity (Wildman–Crippen MR) is 137 cm³/mol. The van der Waals surface area contributed by atoms with E-state index in [1.54, 1.807) is 48.2 Å². The Kier molecular flexibility index (Phi) is 8.83. The van der Waals surface area contributed by atoms with Gasteiger partial charge in [0.1, 0.15) is 12.3 Å². The molecule has 1 heterocycles. The molecule has 0 bridgehead atoms. The smallest absolute Gasteiger partial charge is 0.305 e. The molecule has 0 saturated carbocycles. The number of carbonyl (C=O) groups is 3. The molecule has 3 aromatic rings. The van der Waals surface area contributed by atoms with E-state index in [1.807, 2.05) is 32.9 Å². The Labute approximate surface area is 211 Å². The number of esters is 1. The van der Waals surface area contributed by atoms with Gasteiger partial charge in [-0.3, -0.25) is 14.4 Å². The van der Waals surface area contributed by atoms with Crippen LogP contribution in [0.5, 0.6) is 5.75 Å². The molecule has 1 aromatic heterocycles. The van der Waals surface area contributed by atoms with Crippen molar-refractivity contribution >= 4 is 23.5 Å². The minimum absolute atomic E-state index is 0.0653. The highest BCUT2D eigenvalue weighted by Crippen LogP contribution is 2.21. The summed E-state index contributed by atoms with van der Waals surface area (Å²) in [5.41, 5.74) is 4.68. The SMILES string of the molecule is CCN(CC(=O)Nc1ccc(OC)cc1)C(=O)c1ccc(-n2nc(C)c(CCC(=O)OC)c2C)cc1. The molecule has 0 fully saturated rings. The Hall–Kier alpha value is -4.14. The minimum Gasteiger partial charge on any atom is -0.497 e. The molecule has 2 amide bonds. The molecule has 190 valence electrons. The van der Waals surface area contributed by atoms with Crippen LogP contribution in [0.4, 0.5) is 5.69 Å². The molecular weight excluding hydrogens is 460 g/mol. The molecule has 0 radical (unpaired) electrons. The fourth-order valence-corrected chi connectivity index (χ4v) is 3.92. The van der Waals surface area contributed by atoms with Crippen LogP contribution in [0, 0.1) is 13.8 Å². The number of methoxy groups -OCH3 is 2. The maximum Gasteiger partial charge on any atom is 0.305 e. The molecule has 1 N–H and O–H groups in total. The fraction of sp³-hybridized carbons (Fsp3) is 0.333. The number of hydrogen-bond acceptors (Lipinski definition) is 6. The van der Waals surface area contributed by atoms with Gasteiger partial charge in [0.25, 0.3) is 5.91 Å². The molecule has 0 aliphatic rings. The first-order valence-corrected chi connectivity index (χ1v) is 11.7. The van der Waals surface area contributed by atoms with E-state index in [-0.39, 0.29) is 30.7 Å². The molecule has 0 spiro atoms. The number of nitrogens with zero attached hydrogens (tertiary/aromatic N) is 3. The molecule has 9 nitrogen and oxygen atoms in total. The van der Waals surface area contributed by atoms with Gasteiger partial charge in [0, 0.05) is 29.9 Å². The van der Waals surface area contributed by atoms with Gasteiger partial charge in [-0.25, -0.2) is 4.68 Å². The number of nitrogens with one attached hydrogen (secondary N) is 1. The predicted octanol–water partition coefficient (Wildman–Crippen LogP) is 3.70. The van der Waals surface area contributed by atoms with Crippen LogP contribution in [0.2, 0.25) is 0 Å². The summed E-state index contributed by atoms with van der Waals surface area (Å²) < 4.78 is 11.7. The summed E-state index contributed by atoms with van der Waals surface area (Å²) in [6.45, 7) is 6.01. The number of aryl methyl sites for hydroxylation is 1. The van der Waals surface area contributed by atoms with Crippen molar-refractivity contribution in [1.29, 1.82) is 0 Å². The van der Waals surface area contributed by atoms with Crippen molar-refractivity contribution in [2.24, 2.45) is 0 Å². The second-order valence-corrected chi connectivity index (χ2v) is 8.28. The highest BCUT2D eigenvalue weighted by molar-refractivity contribution is 5.99. The molecule has 3 rings (SSSR count). The van der Waals surface area contributed by atoms with Crippen LogP contribution in [-0.4, -0.2) is 59.8 Å². The first-order chi connectivity index (χ1) is 17.3. The highest BCUT2D eigenvalue weighted by atomic mass is 16.5. The molecule has 0 saturated heterocycles. The summed E-state index contributed by atoms with van der Waals surface area (Å²) in [6, 6.07) is 14.1. The van der Waals surface area contributed by atoms with Crippen molar-refractivity contribution < 1.29 is 23.9 Å². The van der Waals surface area contributed by atoms with Crippen molar-refractivity contribution in [2.45, 2.75) is 33.6 Å². The summed E-state index contributed by atoms with van der Waals surface area (Å²) in [5.74, 6) is -0.0857. The van der Waals surface area contributed by atoms with E-state index >= 15 is 0 Å². The minimum atomic E-state index is -0.283. The summed E-state index contributed by atoms with van der Waals surface area (Å²) >= 11 is 0. The topological polar surface area (TPSA) is 103 Å². The van der Waals surface area contributed by atoms with Gasteiger partial charge in [-0.05, 0) is 81.3 Å². The lowest BCUT2D eigenvalue weighted by Gasteiger charge is -2.20. The monoisotopic (exact) mass is 492 g/mol. The lowest BCUT2D eigenvalue weighted by atomic mass is 10.1. The third-order valence-electron chi connectivity index (χ3n) is 5.98. The van der Waals surface area contributed by atoms with Gasteiger partial charge in [0.05, 0.1) is 25.6 Å². The van der Waals surface area contributed by atoms with Crippen molar-refractivity contribution in [1.82, 2.24) is 14.7 Å². The Morgan fingerprint density at radius 1 is 1.00 bits per heavy atom. The number of anilines is 1. The van der Waals surface area contributed by atoms with Crippen molar-refractivity contribution in [2.75, 3.05) is 32.6 Å². The van der Waals surface area contributed by atoms with Crippen LogP contribution in [0.15, 0.2) is 48.5 Å². The number of amides is 2. The zero-order valence-corrected chi connectivity index (χ0v) is 21.3. The molecule has 36 heavy (non-hydrogen) atoms. The lowest BCUT2D eigenvalue weighted by molar-refractivity contribution is -0.140. The molecule has 0 aliphatic carbocycles. The second-order valence-electron chi connectivity index (χ2n) is 8.28. The van der Waals surface area contributed by atoms with E-state index in [2.05, 4.69) is 10.4 Å². The van der Waals surface area contributed by atoms with E-state index in [0.717, 1.165) is 22.6 Å². The van der Waals surface area contributed by atoms with Crippen molar-refractivity contribution in [3.05, 3.63) is 71.0 Å². The third-order valence-corrected chi connectivity index (χ3v) is 5.98. The normalized spacial score (nSPS) is 10.6. The molecular formula is C27H32N4O5. The van der Waals surface area contributed by atoms with Crippen LogP contribution in [-0.2, 0) is 20.7 Å². The Bertz CT molecular complexity index is 1220. The Morgan fingerprint density at radius 3 is 2.25 bits per heavy atom. The maximum atomic E-state index is 13.1. The number of carbonyl (C=O) groups excluding carboxylic acids is 3. The largest absolute Gasteiger partial charge is 0.497 e. The quantitative estimate of drug-likeness (QED) is 0.433. The number of benzene rings is 2. The van der Waals surface area contributed by atoms with Crippen molar-refractivity contribution in [3.8, 4) is 11.4 Å². The van der Waals surface area contributed by atoms with E-state index in [9.17, 15) is 14.4 Å². The number of rotatable bonds is 10. The molecule has 9 heteroatoms. The van der Waals surface area contributed by atoms with Gasteiger partial charge in [0.15, 0.2) is 0 Å². The van der Waals surface area contributed by atoms with Gasteiger partial charge in [-0.15, -0.1) is 0 Å². The van der Waals surface area contributed by atoms with Gasteiger partial charge < -0.3 is 19.7 Å². The van der Waals surface area contributed by atoms with E-state index in [0.29, 0.717) is 30.0 Å². The molecule has 0 aliphatic heterocycles. The third kappa shape index (κ3) is 6.29. The average Bonchev–Trinajstić information content (AvgIpc) is 3.18. The zero-order valence-electron chi connectivity index (χ0n) is 21.3. The first-order valence-electron chi connectivity index (χ1n) is 11.7. The van der Waals surface area contributed by atoms with Crippen LogP contribution in [0.3, 0.4) is 0 Å². The molecule has 0 unspecified atom stereocenters. The summed E-state index contributed by atoms with van der Waals surface area (Å²) in [5, 5.41) is 7.41. The average molecular weight is 493 g/mol. The van der Waals surface area contributed by atoms with Crippen LogP contribution >= 0.6 is 0 Å². The fourth-order valence-electron chi connectivity index (χ4n) is 3.92. The van der Waals surface area contributed by atoms with Crippen LogP contribution < -0.4 is 10.1 Å². The van der Waals surface area contributed by atoms with Crippen LogP contribution in [0.25, 0.3) is 5.69 Å². The van der Waals surface area contributed by atoms with Gasteiger partial charge in [-0.2, -0.15) is 5.10 Å². The van der Waals surface area contributed by atoms with Gasteiger partial charge >= 0.3 is 5.97 Å². The number of likely N-dealkylation sites (N-methyl/N-ethyl adjacent to an activating group) is 1. The standard InChI is InChI=1S/C27H32N4O5/c1-6-30(17-25(32)28-21-9-13-23(35-4)14-10-21)27(34)20-7-11-22(12-8-20)31-19(3)24(18(2)29-31)15-16-26(33)36-5/h7-14H,6,15-17H2,1-5H3,(H,28,32). The highest BCUT2D eigenvalue weighted by Gasteiger charge is 2.19. The zero-order chi connectivity index (χ0) is 26.2. The van der Waals surface area contributed by atoms with Gasteiger partial charge in [0.2, 0.25) is 5.91 Å². The van der Waals surface area contributed by atoms with Gasteiger partial charge in [-0.1, -0.05) is 0 Å². The summed E-state index contributed by atoms with van der Waals surface area (Å²) in [7, 11) is 2.95. The second kappa shape index (κ2) is 12.0. The van der Waals surface area contributed by atoms with Crippen molar-refractivity contribution in [3.63, 3.8) is 0 Å². The lowest BCUT2D eigenvalue weighted by Crippen LogP contribution is -2.37. The maximum absolute atomic E-state index is 13.1. The first kappa shape index (κ1) is 26.5. The van der Waals surface area contributed by atoms with E-state index < -0.39 is 0 Å². The number of aromatic nitrogens is 2. The molecule has 2 aromatic carbocycles. The number of hydrogen-bond donors (Lipinski definition) is 1.